The van der Waals surface area contributed by atoms with Crippen LogP contribution in [0.1, 0.15) is 52.3 Å². The standard InChI is InChI=1S/C25H29N7O2/c1-15(14-25(2,3)4)11-21(28-24(33)34)22-13-19(23-29-31-32-30-23)18-12-17(5-6-20(18)27-22)16-7-9-26-10-8-16/h5-10,12-13,15,21,28H,11,14H2,1-4H3,(H,33,34)(H,29,30,31,32). The van der Waals surface area contributed by atoms with Crippen LogP contribution in [0.25, 0.3) is 33.4 Å². The van der Waals surface area contributed by atoms with Gasteiger partial charge in [0, 0.05) is 23.3 Å². The van der Waals surface area contributed by atoms with Crippen molar-refractivity contribution in [2.45, 2.75) is 46.6 Å². The molecule has 0 saturated heterocycles. The number of carboxylic acid groups (broad SMARTS) is 1. The van der Waals surface area contributed by atoms with Crippen LogP contribution in [0.2, 0.25) is 0 Å². The molecule has 176 valence electrons. The largest absolute Gasteiger partial charge is 0.465 e. The maximum Gasteiger partial charge on any atom is 0.405 e. The van der Waals surface area contributed by atoms with Crippen molar-refractivity contribution < 1.29 is 9.90 Å². The zero-order valence-electron chi connectivity index (χ0n) is 19.8. The third-order valence-electron chi connectivity index (χ3n) is 5.68. The van der Waals surface area contributed by atoms with Crippen LogP contribution in [0.5, 0.6) is 0 Å². The molecule has 1 aromatic carbocycles. The summed E-state index contributed by atoms with van der Waals surface area (Å²) in [5, 5.41) is 27.7. The fourth-order valence-electron chi connectivity index (χ4n) is 4.54. The number of aromatic amines is 1. The average Bonchev–Trinajstić information content (AvgIpc) is 3.31. The van der Waals surface area contributed by atoms with Crippen molar-refractivity contribution in [3.05, 3.63) is 54.5 Å². The number of tetrazole rings is 1. The molecule has 9 heteroatoms. The Labute approximate surface area is 198 Å². The first-order valence-electron chi connectivity index (χ1n) is 11.3. The summed E-state index contributed by atoms with van der Waals surface area (Å²) < 4.78 is 0. The van der Waals surface area contributed by atoms with Gasteiger partial charge < -0.3 is 10.4 Å². The van der Waals surface area contributed by atoms with Gasteiger partial charge in [0.05, 0.1) is 17.3 Å². The number of H-pyrrole nitrogens is 1. The van der Waals surface area contributed by atoms with E-state index in [0.717, 1.165) is 34.0 Å². The maximum absolute atomic E-state index is 11.6. The third kappa shape index (κ3) is 5.54. The molecule has 0 bridgehead atoms. The van der Waals surface area contributed by atoms with Crippen LogP contribution in [0, 0.1) is 11.3 Å². The molecule has 0 aliphatic rings. The van der Waals surface area contributed by atoms with E-state index in [0.29, 0.717) is 17.9 Å². The second-order valence-electron chi connectivity index (χ2n) is 9.91. The van der Waals surface area contributed by atoms with Gasteiger partial charge in [-0.05, 0) is 70.8 Å². The number of nitrogens with zero attached hydrogens (tertiary/aromatic N) is 5. The molecule has 2 unspecified atom stereocenters. The van der Waals surface area contributed by atoms with E-state index in [9.17, 15) is 9.90 Å². The van der Waals surface area contributed by atoms with E-state index in [1.54, 1.807) is 12.4 Å². The summed E-state index contributed by atoms with van der Waals surface area (Å²) in [5.41, 5.74) is 4.28. The molecule has 9 nitrogen and oxygen atoms in total. The molecule has 4 rings (SSSR count). The highest BCUT2D eigenvalue weighted by Crippen LogP contribution is 2.34. The predicted molar refractivity (Wildman–Crippen MR) is 130 cm³/mol. The van der Waals surface area contributed by atoms with Gasteiger partial charge >= 0.3 is 6.09 Å². The lowest BCUT2D eigenvalue weighted by Crippen LogP contribution is -2.29. The number of hydrogen-bond donors (Lipinski definition) is 3. The molecule has 34 heavy (non-hydrogen) atoms. The van der Waals surface area contributed by atoms with Crippen molar-refractivity contribution in [3.8, 4) is 22.5 Å². The summed E-state index contributed by atoms with van der Waals surface area (Å²) in [6.07, 6.45) is 4.02. The van der Waals surface area contributed by atoms with Gasteiger partial charge in [-0.15, -0.1) is 10.2 Å². The lowest BCUT2D eigenvalue weighted by molar-refractivity contribution is 0.185. The van der Waals surface area contributed by atoms with E-state index in [2.05, 4.69) is 58.6 Å². The van der Waals surface area contributed by atoms with Gasteiger partial charge in [0.1, 0.15) is 0 Å². The number of benzene rings is 1. The topological polar surface area (TPSA) is 130 Å². The molecule has 2 atom stereocenters. The fourth-order valence-corrected chi connectivity index (χ4v) is 4.54. The first-order valence-corrected chi connectivity index (χ1v) is 11.3. The smallest absolute Gasteiger partial charge is 0.405 e. The van der Waals surface area contributed by atoms with Crippen molar-refractivity contribution in [3.63, 3.8) is 0 Å². The summed E-state index contributed by atoms with van der Waals surface area (Å²) in [6.45, 7) is 8.70. The summed E-state index contributed by atoms with van der Waals surface area (Å²) in [5.74, 6) is 0.717. The Hall–Kier alpha value is -3.88. The summed E-state index contributed by atoms with van der Waals surface area (Å²) in [4.78, 5) is 20.6. The van der Waals surface area contributed by atoms with E-state index < -0.39 is 12.1 Å². The van der Waals surface area contributed by atoms with Gasteiger partial charge in [0.25, 0.3) is 0 Å². The lowest BCUT2D eigenvalue weighted by atomic mass is 9.82. The quantitative estimate of drug-likeness (QED) is 0.344. The maximum atomic E-state index is 11.6. The molecule has 0 aliphatic carbocycles. The van der Waals surface area contributed by atoms with Crippen molar-refractivity contribution in [1.29, 1.82) is 0 Å². The van der Waals surface area contributed by atoms with Crippen molar-refractivity contribution in [2.75, 3.05) is 0 Å². The minimum absolute atomic E-state index is 0.142. The molecule has 3 N–H and O–H groups in total. The molecular weight excluding hydrogens is 430 g/mol. The number of fused-ring (bicyclic) bond motifs is 1. The Morgan fingerprint density at radius 2 is 1.88 bits per heavy atom. The molecule has 4 aromatic rings. The number of nitrogens with one attached hydrogen (secondary N) is 2. The zero-order valence-corrected chi connectivity index (χ0v) is 19.8. The molecule has 0 saturated carbocycles. The number of hydrogen-bond acceptors (Lipinski definition) is 6. The summed E-state index contributed by atoms with van der Waals surface area (Å²) in [7, 11) is 0. The van der Waals surface area contributed by atoms with Crippen molar-refractivity contribution in [1.82, 2.24) is 35.9 Å². The summed E-state index contributed by atoms with van der Waals surface area (Å²) >= 11 is 0. The number of rotatable bonds is 7. The molecule has 3 aromatic heterocycles. The molecule has 0 spiro atoms. The van der Waals surface area contributed by atoms with E-state index in [1.807, 2.05) is 36.4 Å². The second-order valence-corrected chi connectivity index (χ2v) is 9.91. The molecule has 0 fully saturated rings. The van der Waals surface area contributed by atoms with E-state index in [4.69, 9.17) is 4.98 Å². The van der Waals surface area contributed by atoms with Crippen LogP contribution < -0.4 is 5.32 Å². The monoisotopic (exact) mass is 459 g/mol. The molecule has 3 heterocycles. The van der Waals surface area contributed by atoms with Crippen LogP contribution in [0.4, 0.5) is 4.79 Å². The fraction of sp³-hybridized carbons (Fsp3) is 0.360. The molecule has 0 radical (unpaired) electrons. The van der Waals surface area contributed by atoms with E-state index >= 15 is 0 Å². The molecule has 0 aliphatic heterocycles. The Morgan fingerprint density at radius 1 is 1.12 bits per heavy atom. The van der Waals surface area contributed by atoms with Crippen LogP contribution in [-0.4, -0.2) is 41.8 Å². The van der Waals surface area contributed by atoms with Gasteiger partial charge in [0.15, 0.2) is 0 Å². The minimum Gasteiger partial charge on any atom is -0.465 e. The highest BCUT2D eigenvalue weighted by molar-refractivity contribution is 5.95. The van der Waals surface area contributed by atoms with E-state index in [1.165, 1.54) is 0 Å². The van der Waals surface area contributed by atoms with Crippen molar-refractivity contribution >= 4 is 17.0 Å². The highest BCUT2D eigenvalue weighted by Gasteiger charge is 2.24. The highest BCUT2D eigenvalue weighted by atomic mass is 16.4. The number of carbonyl (C=O) groups is 1. The molecule has 1 amide bonds. The van der Waals surface area contributed by atoms with Crippen LogP contribution in [0.3, 0.4) is 0 Å². The SMILES string of the molecule is CC(CC(NC(=O)O)c1cc(-c2nn[nH]n2)c2cc(-c3ccncc3)ccc2n1)CC(C)(C)C. The predicted octanol–water partition coefficient (Wildman–Crippen LogP) is 5.25. The number of amides is 1. The molecular formula is C25H29N7O2. The van der Waals surface area contributed by atoms with Gasteiger partial charge in [0.2, 0.25) is 5.82 Å². The van der Waals surface area contributed by atoms with Gasteiger partial charge in [-0.2, -0.15) is 5.21 Å². The minimum atomic E-state index is -1.08. The normalized spacial score (nSPS) is 13.5. The van der Waals surface area contributed by atoms with Crippen LogP contribution in [0.15, 0.2) is 48.8 Å². The lowest BCUT2D eigenvalue weighted by Gasteiger charge is -2.27. The first kappa shape index (κ1) is 23.3. The first-order chi connectivity index (χ1) is 16.2. The number of pyridine rings is 2. The van der Waals surface area contributed by atoms with Gasteiger partial charge in [-0.25, -0.2) is 4.79 Å². The Morgan fingerprint density at radius 3 is 2.53 bits per heavy atom. The average molecular weight is 460 g/mol. The Bertz CT molecular complexity index is 1270. The van der Waals surface area contributed by atoms with Gasteiger partial charge in [-0.3, -0.25) is 9.97 Å². The Balaban J connectivity index is 1.81. The van der Waals surface area contributed by atoms with Crippen molar-refractivity contribution in [2.24, 2.45) is 11.3 Å². The van der Waals surface area contributed by atoms with E-state index in [-0.39, 0.29) is 11.3 Å². The number of aromatic nitrogens is 6. The van der Waals surface area contributed by atoms with Gasteiger partial charge in [-0.1, -0.05) is 33.8 Å². The zero-order chi connectivity index (χ0) is 24.3. The Kier molecular flexibility index (Phi) is 6.54. The summed E-state index contributed by atoms with van der Waals surface area (Å²) in [6, 6.07) is 11.3. The second kappa shape index (κ2) is 9.54. The van der Waals surface area contributed by atoms with Crippen LogP contribution >= 0.6 is 0 Å². The van der Waals surface area contributed by atoms with Crippen LogP contribution in [-0.2, 0) is 0 Å². The third-order valence-corrected chi connectivity index (χ3v) is 5.68.